The van der Waals surface area contributed by atoms with Crippen LogP contribution in [0.3, 0.4) is 0 Å². The zero-order chi connectivity index (χ0) is 13.8. The first kappa shape index (κ1) is 13.4. The van der Waals surface area contributed by atoms with Crippen LogP contribution in [-0.4, -0.2) is 18.5 Å². The summed E-state index contributed by atoms with van der Waals surface area (Å²) in [6.45, 7) is 4.84. The molecule has 0 aromatic heterocycles. The van der Waals surface area contributed by atoms with E-state index in [1.165, 1.54) is 0 Å². The Morgan fingerprint density at radius 2 is 1.95 bits per heavy atom. The summed E-state index contributed by atoms with van der Waals surface area (Å²) in [6, 6.07) is 6.76. The molecule has 1 aliphatic rings. The Morgan fingerprint density at radius 3 is 2.53 bits per heavy atom. The van der Waals surface area contributed by atoms with Gasteiger partial charge in [0.2, 0.25) is 5.91 Å². The highest BCUT2D eigenvalue weighted by molar-refractivity contribution is 5.97. The Balaban J connectivity index is 2.01. The highest BCUT2D eigenvalue weighted by atomic mass is 16.5. The molecule has 0 saturated carbocycles. The van der Waals surface area contributed by atoms with Crippen molar-refractivity contribution in [2.24, 2.45) is 5.92 Å². The summed E-state index contributed by atoms with van der Waals surface area (Å²) < 4.78 is 5.59. The average Bonchev–Trinajstić information content (AvgIpc) is 2.36. The fourth-order valence-corrected chi connectivity index (χ4v) is 1.87. The Bertz CT molecular complexity index is 452. The summed E-state index contributed by atoms with van der Waals surface area (Å²) in [4.78, 5) is 22.5. The van der Waals surface area contributed by atoms with Crippen molar-refractivity contribution in [3.63, 3.8) is 0 Å². The van der Waals surface area contributed by atoms with Gasteiger partial charge in [0.1, 0.15) is 5.75 Å². The van der Waals surface area contributed by atoms with E-state index in [0.29, 0.717) is 12.5 Å². The number of rotatable bonds is 4. The van der Waals surface area contributed by atoms with Crippen molar-refractivity contribution in [2.75, 3.05) is 6.61 Å². The number of nitrogens with one attached hydrogen (secondary N) is 2. The van der Waals surface area contributed by atoms with Gasteiger partial charge in [-0.15, -0.1) is 0 Å². The summed E-state index contributed by atoms with van der Waals surface area (Å²) in [5.74, 6) is 1.01. The van der Waals surface area contributed by atoms with E-state index in [2.05, 4.69) is 24.5 Å². The van der Waals surface area contributed by atoms with E-state index in [0.717, 1.165) is 11.3 Å². The molecular formula is C14H18N2O3. The Labute approximate surface area is 112 Å². The molecule has 1 aliphatic heterocycles. The molecule has 1 aromatic rings. The van der Waals surface area contributed by atoms with E-state index >= 15 is 0 Å². The Kier molecular flexibility index (Phi) is 4.04. The Hall–Kier alpha value is -2.04. The van der Waals surface area contributed by atoms with E-state index in [1.54, 1.807) is 0 Å². The smallest absolute Gasteiger partial charge is 0.321 e. The van der Waals surface area contributed by atoms with Gasteiger partial charge >= 0.3 is 6.03 Å². The molecule has 1 aromatic carbocycles. The van der Waals surface area contributed by atoms with Crippen LogP contribution in [0.4, 0.5) is 4.79 Å². The molecule has 5 nitrogen and oxygen atoms in total. The number of hydrogen-bond donors (Lipinski definition) is 2. The van der Waals surface area contributed by atoms with Crippen molar-refractivity contribution in [3.05, 3.63) is 29.8 Å². The van der Waals surface area contributed by atoms with Crippen molar-refractivity contribution < 1.29 is 14.3 Å². The standard InChI is InChI=1S/C14H18N2O3/c1-9(2)8-19-11-5-3-10(4-6-11)12-7-13(17)16-14(18)15-12/h3-6,9,12H,7-8H2,1-2H3,(H2,15,16,17,18). The highest BCUT2D eigenvalue weighted by Crippen LogP contribution is 2.22. The summed E-state index contributed by atoms with van der Waals surface area (Å²) in [5, 5.41) is 4.93. The molecule has 2 N–H and O–H groups in total. The van der Waals surface area contributed by atoms with Gasteiger partial charge in [0.15, 0.2) is 0 Å². The molecule has 5 heteroatoms. The molecular weight excluding hydrogens is 244 g/mol. The van der Waals surface area contributed by atoms with Gasteiger partial charge in [-0.3, -0.25) is 10.1 Å². The van der Waals surface area contributed by atoms with Crippen LogP contribution < -0.4 is 15.4 Å². The van der Waals surface area contributed by atoms with Gasteiger partial charge in [-0.2, -0.15) is 0 Å². The first-order chi connectivity index (χ1) is 9.04. The van der Waals surface area contributed by atoms with E-state index in [-0.39, 0.29) is 18.4 Å². The molecule has 19 heavy (non-hydrogen) atoms. The van der Waals surface area contributed by atoms with E-state index in [1.807, 2.05) is 24.3 Å². The van der Waals surface area contributed by atoms with Crippen molar-refractivity contribution >= 4 is 11.9 Å². The lowest BCUT2D eigenvalue weighted by Gasteiger charge is -2.23. The molecule has 2 rings (SSSR count). The lowest BCUT2D eigenvalue weighted by molar-refractivity contribution is -0.121. The third kappa shape index (κ3) is 3.71. The van der Waals surface area contributed by atoms with Crippen LogP contribution in [0.15, 0.2) is 24.3 Å². The van der Waals surface area contributed by atoms with E-state index < -0.39 is 6.03 Å². The number of carbonyl (C=O) groups excluding carboxylic acids is 2. The van der Waals surface area contributed by atoms with Gasteiger partial charge < -0.3 is 10.1 Å². The molecule has 1 atom stereocenters. The first-order valence-corrected chi connectivity index (χ1v) is 6.37. The zero-order valence-corrected chi connectivity index (χ0v) is 11.1. The molecule has 1 heterocycles. The molecule has 1 fully saturated rings. The van der Waals surface area contributed by atoms with Gasteiger partial charge in [0, 0.05) is 0 Å². The van der Waals surface area contributed by atoms with Crippen molar-refractivity contribution in [2.45, 2.75) is 26.3 Å². The maximum Gasteiger partial charge on any atom is 0.321 e. The van der Waals surface area contributed by atoms with Gasteiger partial charge in [0.25, 0.3) is 0 Å². The fraction of sp³-hybridized carbons (Fsp3) is 0.429. The largest absolute Gasteiger partial charge is 0.493 e. The summed E-state index contributed by atoms with van der Waals surface area (Å²) in [6.07, 6.45) is 0.262. The van der Waals surface area contributed by atoms with Crippen molar-refractivity contribution in [1.29, 1.82) is 0 Å². The molecule has 0 aliphatic carbocycles. The third-order valence-electron chi connectivity index (χ3n) is 2.81. The Morgan fingerprint density at radius 1 is 1.26 bits per heavy atom. The monoisotopic (exact) mass is 262 g/mol. The maximum atomic E-state index is 11.3. The molecule has 0 bridgehead atoms. The van der Waals surface area contributed by atoms with Crippen molar-refractivity contribution in [3.8, 4) is 5.75 Å². The van der Waals surface area contributed by atoms with E-state index in [4.69, 9.17) is 4.74 Å². The predicted octanol–water partition coefficient (Wildman–Crippen LogP) is 1.99. The summed E-state index contributed by atoms with van der Waals surface area (Å²) in [5.41, 5.74) is 0.903. The lowest BCUT2D eigenvalue weighted by Crippen LogP contribution is -2.48. The average molecular weight is 262 g/mol. The van der Waals surface area contributed by atoms with Crippen LogP contribution in [0.5, 0.6) is 5.75 Å². The number of hydrogen-bond acceptors (Lipinski definition) is 3. The molecule has 0 radical (unpaired) electrons. The number of urea groups is 1. The van der Waals surface area contributed by atoms with Crippen LogP contribution in [0.25, 0.3) is 0 Å². The number of carbonyl (C=O) groups is 2. The summed E-state index contributed by atoms with van der Waals surface area (Å²) in [7, 11) is 0. The normalized spacial score (nSPS) is 19.0. The molecule has 3 amide bonds. The van der Waals surface area contributed by atoms with Crippen LogP contribution in [-0.2, 0) is 4.79 Å². The lowest BCUT2D eigenvalue weighted by atomic mass is 10.0. The fourth-order valence-electron chi connectivity index (χ4n) is 1.87. The number of ether oxygens (including phenoxy) is 1. The molecule has 0 spiro atoms. The second kappa shape index (κ2) is 5.73. The SMILES string of the molecule is CC(C)COc1ccc(C2CC(=O)NC(=O)N2)cc1. The second-order valence-electron chi connectivity index (χ2n) is 5.05. The zero-order valence-electron chi connectivity index (χ0n) is 11.1. The molecule has 102 valence electrons. The van der Waals surface area contributed by atoms with Gasteiger partial charge in [-0.1, -0.05) is 26.0 Å². The quantitative estimate of drug-likeness (QED) is 0.872. The minimum Gasteiger partial charge on any atom is -0.493 e. The van der Waals surface area contributed by atoms with Crippen molar-refractivity contribution in [1.82, 2.24) is 10.6 Å². The summed E-state index contributed by atoms with van der Waals surface area (Å²) >= 11 is 0. The third-order valence-corrected chi connectivity index (χ3v) is 2.81. The molecule has 1 unspecified atom stereocenters. The second-order valence-corrected chi connectivity index (χ2v) is 5.05. The molecule has 1 saturated heterocycles. The van der Waals surface area contributed by atoms with E-state index in [9.17, 15) is 9.59 Å². The van der Waals surface area contributed by atoms with Crippen LogP contribution in [0.1, 0.15) is 31.9 Å². The maximum absolute atomic E-state index is 11.3. The van der Waals surface area contributed by atoms with Crippen LogP contribution in [0.2, 0.25) is 0 Å². The predicted molar refractivity (Wildman–Crippen MR) is 70.8 cm³/mol. The minimum absolute atomic E-state index is 0.256. The topological polar surface area (TPSA) is 67.4 Å². The minimum atomic E-state index is -0.443. The van der Waals surface area contributed by atoms with Gasteiger partial charge in [0.05, 0.1) is 19.1 Å². The van der Waals surface area contributed by atoms with Crippen LogP contribution in [0, 0.1) is 5.92 Å². The van der Waals surface area contributed by atoms with Gasteiger partial charge in [-0.05, 0) is 23.6 Å². The van der Waals surface area contributed by atoms with Crippen LogP contribution >= 0.6 is 0 Å². The number of imide groups is 1. The van der Waals surface area contributed by atoms with Gasteiger partial charge in [-0.25, -0.2) is 4.79 Å². The first-order valence-electron chi connectivity index (χ1n) is 6.37. The number of amides is 3. The highest BCUT2D eigenvalue weighted by Gasteiger charge is 2.24. The number of benzene rings is 1.